The van der Waals surface area contributed by atoms with Crippen LogP contribution in [0.4, 0.5) is 0 Å². The summed E-state index contributed by atoms with van der Waals surface area (Å²) in [6, 6.07) is 1.98. The summed E-state index contributed by atoms with van der Waals surface area (Å²) >= 11 is 0. The minimum absolute atomic E-state index is 0.235. The average Bonchev–Trinajstić information content (AvgIpc) is 2.58. The number of ketones is 1. The van der Waals surface area contributed by atoms with Crippen LogP contribution in [0.15, 0.2) is 24.0 Å². The first-order valence-electron chi connectivity index (χ1n) is 5.17. The molecule has 0 bridgehead atoms. The van der Waals surface area contributed by atoms with Gasteiger partial charge in [-0.1, -0.05) is 20.8 Å². The maximum absolute atomic E-state index is 12.0. The molecule has 2 heteroatoms. The van der Waals surface area contributed by atoms with E-state index >= 15 is 0 Å². The van der Waals surface area contributed by atoms with Crippen LogP contribution >= 0.6 is 0 Å². The monoisotopic (exact) mass is 201 g/mol. The lowest BCUT2D eigenvalue weighted by Gasteiger charge is -2.16. The quantitative estimate of drug-likeness (QED) is 0.699. The van der Waals surface area contributed by atoms with E-state index < -0.39 is 0 Å². The van der Waals surface area contributed by atoms with Crippen LogP contribution in [0.3, 0.4) is 0 Å². The number of Topliss-reactive ketones (excluding diaryl/α,β-unsaturated/α-hetero) is 1. The molecule has 1 aromatic heterocycles. The van der Waals surface area contributed by atoms with Crippen molar-refractivity contribution in [3.63, 3.8) is 0 Å². The second kappa shape index (κ2) is 3.30. The van der Waals surface area contributed by atoms with Gasteiger partial charge >= 0.3 is 0 Å². The Balaban J connectivity index is 2.29. The third-order valence-electron chi connectivity index (χ3n) is 2.63. The molecule has 2 nitrogen and oxygen atoms in total. The van der Waals surface area contributed by atoms with Gasteiger partial charge in [0.05, 0.1) is 0 Å². The molecular weight excluding hydrogens is 186 g/mol. The van der Waals surface area contributed by atoms with Gasteiger partial charge in [0.25, 0.3) is 0 Å². The van der Waals surface area contributed by atoms with Gasteiger partial charge in [-0.2, -0.15) is 0 Å². The van der Waals surface area contributed by atoms with E-state index in [2.05, 4.69) is 4.98 Å². The largest absolute Gasteiger partial charge is 0.294 e. The molecule has 1 aromatic rings. The van der Waals surface area contributed by atoms with E-state index in [4.69, 9.17) is 0 Å². The fourth-order valence-corrected chi connectivity index (χ4v) is 1.80. The lowest BCUT2D eigenvalue weighted by Crippen LogP contribution is -2.21. The van der Waals surface area contributed by atoms with Gasteiger partial charge < -0.3 is 0 Å². The Morgan fingerprint density at radius 3 is 2.73 bits per heavy atom. The van der Waals surface area contributed by atoms with Gasteiger partial charge in [0.1, 0.15) is 0 Å². The Morgan fingerprint density at radius 2 is 2.13 bits per heavy atom. The summed E-state index contributed by atoms with van der Waals surface area (Å²) in [5.41, 5.74) is 2.91. The van der Waals surface area contributed by atoms with E-state index in [-0.39, 0.29) is 11.2 Å². The van der Waals surface area contributed by atoms with Gasteiger partial charge in [0.15, 0.2) is 5.78 Å². The number of carbonyl (C=O) groups is 1. The van der Waals surface area contributed by atoms with Crippen LogP contribution < -0.4 is 0 Å². The zero-order valence-electron chi connectivity index (χ0n) is 9.37. The minimum atomic E-state index is -0.290. The van der Waals surface area contributed by atoms with E-state index in [9.17, 15) is 4.79 Å². The molecule has 0 spiro atoms. The smallest absolute Gasteiger partial charge is 0.164 e. The highest BCUT2D eigenvalue weighted by Crippen LogP contribution is 2.29. The average molecular weight is 201 g/mol. The van der Waals surface area contributed by atoms with Crippen LogP contribution in [0.25, 0.3) is 6.08 Å². The first-order chi connectivity index (χ1) is 6.98. The first-order valence-corrected chi connectivity index (χ1v) is 5.17. The lowest BCUT2D eigenvalue weighted by atomic mass is 9.86. The van der Waals surface area contributed by atoms with Crippen LogP contribution in [0.1, 0.15) is 31.9 Å². The Hall–Kier alpha value is -1.44. The molecular formula is C13H15NO. The highest BCUT2D eigenvalue weighted by Gasteiger charge is 2.27. The first kappa shape index (κ1) is 10.1. The lowest BCUT2D eigenvalue weighted by molar-refractivity contribution is -0.122. The fraction of sp³-hybridized carbons (Fsp3) is 0.385. The van der Waals surface area contributed by atoms with Gasteiger partial charge in [-0.3, -0.25) is 9.78 Å². The van der Waals surface area contributed by atoms with E-state index in [0.717, 1.165) is 17.6 Å². The number of fused-ring (bicyclic) bond motifs is 1. The highest BCUT2D eigenvalue weighted by atomic mass is 16.1. The molecule has 0 amide bonds. The summed E-state index contributed by atoms with van der Waals surface area (Å²) in [5.74, 6) is 0.235. The van der Waals surface area contributed by atoms with E-state index in [1.54, 1.807) is 6.20 Å². The molecule has 1 heterocycles. The van der Waals surface area contributed by atoms with E-state index in [1.807, 2.05) is 39.1 Å². The second-order valence-corrected chi connectivity index (χ2v) is 5.00. The predicted octanol–water partition coefficient (Wildman–Crippen LogP) is 2.64. The third-order valence-corrected chi connectivity index (χ3v) is 2.63. The third kappa shape index (κ3) is 1.84. The van der Waals surface area contributed by atoms with Gasteiger partial charge in [-0.15, -0.1) is 0 Å². The van der Waals surface area contributed by atoms with E-state index in [0.29, 0.717) is 0 Å². The number of hydrogen-bond acceptors (Lipinski definition) is 2. The molecule has 0 aliphatic heterocycles. The van der Waals surface area contributed by atoms with Crippen molar-refractivity contribution in [3.05, 3.63) is 35.2 Å². The maximum atomic E-state index is 12.0. The normalized spacial score (nSPS) is 14.7. The molecule has 0 N–H and O–H groups in total. The number of nitrogens with zero attached hydrogens (tertiary/aromatic N) is 1. The molecule has 0 fully saturated rings. The van der Waals surface area contributed by atoms with Crippen LogP contribution in [0.5, 0.6) is 0 Å². The van der Waals surface area contributed by atoms with E-state index in [1.165, 1.54) is 5.56 Å². The van der Waals surface area contributed by atoms with Crippen molar-refractivity contribution in [2.75, 3.05) is 0 Å². The summed E-state index contributed by atoms with van der Waals surface area (Å²) < 4.78 is 0. The fourth-order valence-electron chi connectivity index (χ4n) is 1.80. The van der Waals surface area contributed by atoms with Crippen LogP contribution in [0.2, 0.25) is 0 Å². The van der Waals surface area contributed by atoms with Crippen molar-refractivity contribution in [3.8, 4) is 0 Å². The van der Waals surface area contributed by atoms with Gasteiger partial charge in [0.2, 0.25) is 0 Å². The molecule has 1 aliphatic carbocycles. The van der Waals surface area contributed by atoms with Crippen molar-refractivity contribution >= 4 is 11.9 Å². The highest BCUT2D eigenvalue weighted by molar-refractivity contribution is 6.04. The summed E-state index contributed by atoms with van der Waals surface area (Å²) in [6.07, 6.45) is 6.32. The molecule has 0 unspecified atom stereocenters. The minimum Gasteiger partial charge on any atom is -0.294 e. The Bertz CT molecular complexity index is 438. The zero-order valence-corrected chi connectivity index (χ0v) is 9.37. The van der Waals surface area contributed by atoms with Crippen LogP contribution in [0, 0.1) is 5.41 Å². The van der Waals surface area contributed by atoms with Crippen molar-refractivity contribution in [2.24, 2.45) is 5.41 Å². The van der Waals surface area contributed by atoms with Crippen molar-refractivity contribution < 1.29 is 4.79 Å². The van der Waals surface area contributed by atoms with Crippen molar-refractivity contribution in [1.82, 2.24) is 4.98 Å². The molecule has 2 rings (SSSR count). The predicted molar refractivity (Wildman–Crippen MR) is 60.4 cm³/mol. The number of pyridine rings is 1. The molecule has 15 heavy (non-hydrogen) atoms. The second-order valence-electron chi connectivity index (χ2n) is 5.00. The van der Waals surface area contributed by atoms with Gasteiger partial charge in [-0.25, -0.2) is 0 Å². The summed E-state index contributed by atoms with van der Waals surface area (Å²) in [5, 5.41) is 0. The molecule has 0 saturated carbocycles. The molecule has 78 valence electrons. The van der Waals surface area contributed by atoms with Crippen LogP contribution in [-0.4, -0.2) is 10.8 Å². The summed E-state index contributed by atoms with van der Waals surface area (Å²) in [7, 11) is 0. The maximum Gasteiger partial charge on any atom is 0.164 e. The summed E-state index contributed by atoms with van der Waals surface area (Å²) in [6.45, 7) is 5.87. The number of rotatable bonds is 1. The molecule has 0 radical (unpaired) electrons. The number of hydrogen-bond donors (Lipinski definition) is 0. The van der Waals surface area contributed by atoms with Crippen LogP contribution in [-0.2, 0) is 11.2 Å². The number of carbonyl (C=O) groups excluding carboxylic acids is 1. The SMILES string of the molecule is CC(C)(C)C(=O)C1=Cc2cnccc2C1. The van der Waals surface area contributed by atoms with Gasteiger partial charge in [0, 0.05) is 29.8 Å². The van der Waals surface area contributed by atoms with Gasteiger partial charge in [-0.05, 0) is 23.3 Å². The Kier molecular flexibility index (Phi) is 2.22. The number of allylic oxidation sites excluding steroid dienone is 1. The Morgan fingerprint density at radius 1 is 1.40 bits per heavy atom. The molecule has 1 aliphatic rings. The summed E-state index contributed by atoms with van der Waals surface area (Å²) in [4.78, 5) is 16.1. The van der Waals surface area contributed by atoms with Crippen molar-refractivity contribution in [1.29, 1.82) is 0 Å². The molecule has 0 atom stereocenters. The molecule has 0 aromatic carbocycles. The molecule has 0 saturated heterocycles. The Labute approximate surface area is 90.0 Å². The standard InChI is InChI=1S/C13H15NO/c1-13(2,3)12(15)10-6-9-4-5-14-8-11(9)7-10/h4-5,7-8H,6H2,1-3H3. The van der Waals surface area contributed by atoms with Crippen molar-refractivity contribution in [2.45, 2.75) is 27.2 Å². The number of aromatic nitrogens is 1. The zero-order chi connectivity index (χ0) is 11.1. The topological polar surface area (TPSA) is 30.0 Å².